The Kier molecular flexibility index (Phi) is 8.27. The smallest absolute Gasteiger partial charge is 0.165 e. The van der Waals surface area contributed by atoms with E-state index in [0.717, 1.165) is 28.8 Å². The van der Waals surface area contributed by atoms with Gasteiger partial charge in [-0.3, -0.25) is 0 Å². The number of nitrogens with one attached hydrogen (secondary N) is 1. The van der Waals surface area contributed by atoms with Crippen molar-refractivity contribution in [2.45, 2.75) is 32.9 Å². The fraction of sp³-hybridized carbons (Fsp3) is 0.231. The van der Waals surface area contributed by atoms with Crippen LogP contribution in [0.2, 0.25) is 10.0 Å². The van der Waals surface area contributed by atoms with Crippen LogP contribution >= 0.6 is 23.2 Å². The molecular formula is C26H27Cl2NO2. The van der Waals surface area contributed by atoms with Gasteiger partial charge in [0.2, 0.25) is 0 Å². The second-order valence-corrected chi connectivity index (χ2v) is 8.01. The predicted octanol–water partition coefficient (Wildman–Crippen LogP) is 7.48. The van der Waals surface area contributed by atoms with Crippen LogP contribution in [0.3, 0.4) is 0 Å². The average molecular weight is 456 g/mol. The van der Waals surface area contributed by atoms with Crippen molar-refractivity contribution in [3.63, 3.8) is 0 Å². The molecule has 0 atom stereocenters. The van der Waals surface area contributed by atoms with Crippen molar-refractivity contribution < 1.29 is 9.47 Å². The summed E-state index contributed by atoms with van der Waals surface area (Å²) in [6, 6.07) is 17.9. The van der Waals surface area contributed by atoms with E-state index < -0.39 is 0 Å². The van der Waals surface area contributed by atoms with Gasteiger partial charge in [0.05, 0.1) is 7.11 Å². The lowest BCUT2D eigenvalue weighted by Gasteiger charge is -2.18. The molecule has 0 radical (unpaired) electrons. The molecule has 0 saturated heterocycles. The van der Waals surface area contributed by atoms with Gasteiger partial charge in [0, 0.05) is 33.4 Å². The summed E-state index contributed by atoms with van der Waals surface area (Å²) in [7, 11) is 1.65. The van der Waals surface area contributed by atoms with Gasteiger partial charge in [-0.05, 0) is 54.3 Å². The van der Waals surface area contributed by atoms with E-state index in [2.05, 4.69) is 43.1 Å². The van der Waals surface area contributed by atoms with Gasteiger partial charge in [0.1, 0.15) is 6.61 Å². The van der Waals surface area contributed by atoms with E-state index in [1.807, 2.05) is 24.3 Å². The Bertz CT molecular complexity index is 1050. The molecule has 0 aliphatic rings. The van der Waals surface area contributed by atoms with E-state index in [1.54, 1.807) is 19.2 Å². The monoisotopic (exact) mass is 455 g/mol. The molecule has 0 heterocycles. The van der Waals surface area contributed by atoms with Gasteiger partial charge >= 0.3 is 0 Å². The Morgan fingerprint density at radius 2 is 1.81 bits per heavy atom. The number of aryl methyl sites for hydroxylation is 1. The highest BCUT2D eigenvalue weighted by molar-refractivity contribution is 6.35. The highest BCUT2D eigenvalue weighted by Crippen LogP contribution is 2.35. The summed E-state index contributed by atoms with van der Waals surface area (Å²) in [6.45, 7) is 7.05. The summed E-state index contributed by atoms with van der Waals surface area (Å²) in [5, 5.41) is 4.71. The zero-order valence-electron chi connectivity index (χ0n) is 17.9. The standard InChI is InChI=1S/C26H27Cl2NO2/c1-4-8-20-13-18(16-29-24-10-7-6-9-19(24)5-2)14-25(30-3)26(20)31-17-21-11-12-22(27)15-23(21)28/h4,6-7,9-15,29H,1,5,8,16-17H2,2-3H3. The summed E-state index contributed by atoms with van der Waals surface area (Å²) in [4.78, 5) is 0. The average Bonchev–Trinajstić information content (AvgIpc) is 2.78. The van der Waals surface area contributed by atoms with E-state index >= 15 is 0 Å². The molecule has 0 aliphatic heterocycles. The Morgan fingerprint density at radius 1 is 1.00 bits per heavy atom. The van der Waals surface area contributed by atoms with E-state index in [4.69, 9.17) is 32.7 Å². The van der Waals surface area contributed by atoms with E-state index in [0.29, 0.717) is 41.1 Å². The lowest BCUT2D eigenvalue weighted by molar-refractivity contribution is 0.282. The van der Waals surface area contributed by atoms with E-state index in [-0.39, 0.29) is 0 Å². The molecule has 0 amide bonds. The second-order valence-electron chi connectivity index (χ2n) is 7.17. The van der Waals surface area contributed by atoms with Crippen LogP contribution in [0.4, 0.5) is 5.69 Å². The molecule has 3 rings (SSSR count). The predicted molar refractivity (Wildman–Crippen MR) is 131 cm³/mol. The molecule has 1 N–H and O–H groups in total. The van der Waals surface area contributed by atoms with Crippen molar-refractivity contribution in [1.29, 1.82) is 0 Å². The number of hydrogen-bond acceptors (Lipinski definition) is 3. The minimum atomic E-state index is 0.317. The molecule has 0 aromatic heterocycles. The van der Waals surface area contributed by atoms with Crippen molar-refractivity contribution in [3.05, 3.63) is 99.6 Å². The van der Waals surface area contributed by atoms with Crippen molar-refractivity contribution in [1.82, 2.24) is 0 Å². The van der Waals surface area contributed by atoms with E-state index in [1.165, 1.54) is 5.56 Å². The number of halogens is 2. The van der Waals surface area contributed by atoms with Crippen LogP contribution in [0.15, 0.2) is 67.3 Å². The van der Waals surface area contributed by atoms with Gasteiger partial charge < -0.3 is 14.8 Å². The molecular weight excluding hydrogens is 429 g/mol. The zero-order valence-corrected chi connectivity index (χ0v) is 19.4. The Balaban J connectivity index is 1.83. The first-order chi connectivity index (χ1) is 15.0. The molecule has 3 aromatic rings. The van der Waals surface area contributed by atoms with Crippen molar-refractivity contribution in [3.8, 4) is 11.5 Å². The van der Waals surface area contributed by atoms with Crippen molar-refractivity contribution in [2.24, 2.45) is 0 Å². The normalized spacial score (nSPS) is 10.6. The lowest BCUT2D eigenvalue weighted by atomic mass is 10.0. The Morgan fingerprint density at radius 3 is 2.52 bits per heavy atom. The molecule has 3 nitrogen and oxygen atoms in total. The lowest BCUT2D eigenvalue weighted by Crippen LogP contribution is -2.06. The van der Waals surface area contributed by atoms with Crippen LogP contribution in [0.5, 0.6) is 11.5 Å². The number of rotatable bonds is 10. The van der Waals surface area contributed by atoms with Gasteiger partial charge in [-0.15, -0.1) is 6.58 Å². The van der Waals surface area contributed by atoms with Gasteiger partial charge in [0.25, 0.3) is 0 Å². The molecule has 0 spiro atoms. The van der Waals surface area contributed by atoms with Gasteiger partial charge in [-0.1, -0.05) is 60.5 Å². The first kappa shape index (κ1) is 23.1. The summed E-state index contributed by atoms with van der Waals surface area (Å²) < 4.78 is 11.8. The quantitative estimate of drug-likeness (QED) is 0.321. The van der Waals surface area contributed by atoms with Crippen LogP contribution in [-0.4, -0.2) is 7.11 Å². The summed E-state index contributed by atoms with van der Waals surface area (Å²) in [5.41, 5.74) is 5.42. The third-order valence-corrected chi connectivity index (χ3v) is 5.63. The molecule has 0 aliphatic carbocycles. The molecule has 0 saturated carbocycles. The molecule has 31 heavy (non-hydrogen) atoms. The van der Waals surface area contributed by atoms with Crippen LogP contribution in [0, 0.1) is 0 Å². The second kappa shape index (κ2) is 11.1. The van der Waals surface area contributed by atoms with Gasteiger partial charge in [-0.2, -0.15) is 0 Å². The first-order valence-electron chi connectivity index (χ1n) is 10.2. The first-order valence-corrected chi connectivity index (χ1v) is 11.0. The fourth-order valence-corrected chi connectivity index (χ4v) is 3.90. The highest BCUT2D eigenvalue weighted by Gasteiger charge is 2.14. The molecule has 5 heteroatoms. The van der Waals surface area contributed by atoms with Crippen LogP contribution < -0.4 is 14.8 Å². The van der Waals surface area contributed by atoms with Crippen LogP contribution in [0.1, 0.15) is 29.2 Å². The maximum Gasteiger partial charge on any atom is 0.165 e. The maximum atomic E-state index is 6.30. The fourth-order valence-electron chi connectivity index (χ4n) is 3.43. The largest absolute Gasteiger partial charge is 0.493 e. The number of ether oxygens (including phenoxy) is 2. The number of para-hydroxylation sites is 1. The van der Waals surface area contributed by atoms with Crippen LogP contribution in [-0.2, 0) is 26.0 Å². The minimum absolute atomic E-state index is 0.317. The van der Waals surface area contributed by atoms with Crippen molar-refractivity contribution >= 4 is 28.9 Å². The maximum absolute atomic E-state index is 6.30. The summed E-state index contributed by atoms with van der Waals surface area (Å²) in [6.07, 6.45) is 3.51. The van der Waals surface area contributed by atoms with Crippen LogP contribution in [0.25, 0.3) is 0 Å². The topological polar surface area (TPSA) is 30.5 Å². The van der Waals surface area contributed by atoms with Gasteiger partial charge in [-0.25, -0.2) is 0 Å². The number of allylic oxidation sites excluding steroid dienone is 1. The van der Waals surface area contributed by atoms with Gasteiger partial charge in [0.15, 0.2) is 11.5 Å². The molecule has 3 aromatic carbocycles. The molecule has 0 unspecified atom stereocenters. The number of methoxy groups -OCH3 is 1. The number of hydrogen-bond donors (Lipinski definition) is 1. The molecule has 0 fully saturated rings. The zero-order chi connectivity index (χ0) is 22.2. The Hall–Kier alpha value is -2.62. The SMILES string of the molecule is C=CCc1cc(CNc2ccccc2CC)cc(OC)c1OCc1ccc(Cl)cc1Cl. The number of benzene rings is 3. The third-order valence-electron chi connectivity index (χ3n) is 5.04. The molecule has 162 valence electrons. The van der Waals surface area contributed by atoms with E-state index in [9.17, 15) is 0 Å². The van der Waals surface area contributed by atoms with Crippen molar-refractivity contribution in [2.75, 3.05) is 12.4 Å². The Labute approximate surface area is 194 Å². The minimum Gasteiger partial charge on any atom is -0.493 e. The highest BCUT2D eigenvalue weighted by atomic mass is 35.5. The summed E-state index contributed by atoms with van der Waals surface area (Å²) in [5.74, 6) is 1.39. The molecule has 0 bridgehead atoms. The summed E-state index contributed by atoms with van der Waals surface area (Å²) >= 11 is 12.3. The third kappa shape index (κ3) is 5.96. The number of anilines is 1.